The minimum Gasteiger partial charge on any atom is -0.307 e. The van der Waals surface area contributed by atoms with Crippen molar-refractivity contribution in [2.75, 3.05) is 0 Å². The van der Waals surface area contributed by atoms with Crippen molar-refractivity contribution in [3.8, 4) is 45.5 Å². The molecule has 15 rings (SSSR count). The second-order valence-corrected chi connectivity index (χ2v) is 18.1. The van der Waals surface area contributed by atoms with Gasteiger partial charge in [-0.2, -0.15) is 0 Å². The Kier molecular flexibility index (Phi) is 8.26. The highest BCUT2D eigenvalue weighted by atomic mass is 15.2. The Hall–Kier alpha value is -9.52. The lowest BCUT2D eigenvalue weighted by molar-refractivity contribution is 0.998. The normalized spacial score (nSPS) is 12.0. The van der Waals surface area contributed by atoms with E-state index in [-0.39, 0.29) is 0 Å². The highest BCUT2D eigenvalue weighted by Gasteiger charge is 2.29. The first-order valence-electron chi connectivity index (χ1n) is 23.9. The van der Waals surface area contributed by atoms with Gasteiger partial charge in [0.25, 0.3) is 0 Å². The van der Waals surface area contributed by atoms with E-state index in [1.807, 2.05) is 0 Å². The van der Waals surface area contributed by atoms with Crippen LogP contribution < -0.4 is 0 Å². The van der Waals surface area contributed by atoms with E-state index in [9.17, 15) is 0 Å². The Bertz CT molecular complexity index is 4310. The Morgan fingerprint density at radius 3 is 0.886 bits per heavy atom. The molecule has 0 atom stereocenters. The van der Waals surface area contributed by atoms with Crippen LogP contribution in [0, 0.1) is 0 Å². The fourth-order valence-corrected chi connectivity index (χ4v) is 11.5. The Morgan fingerprint density at radius 1 is 0.229 bits per heavy atom. The zero-order chi connectivity index (χ0) is 45.9. The van der Waals surface area contributed by atoms with E-state index < -0.39 is 0 Å². The maximum Gasteiger partial charge on any atom is 0.163 e. The van der Waals surface area contributed by atoms with Crippen molar-refractivity contribution in [1.29, 1.82) is 0 Å². The van der Waals surface area contributed by atoms with Gasteiger partial charge in [0.2, 0.25) is 0 Å². The van der Waals surface area contributed by atoms with Gasteiger partial charge in [-0.1, -0.05) is 194 Å². The third kappa shape index (κ3) is 5.44. The molecule has 0 amide bonds. The van der Waals surface area contributed by atoms with Crippen molar-refractivity contribution in [2.24, 2.45) is 0 Å². The van der Waals surface area contributed by atoms with E-state index in [0.717, 1.165) is 105 Å². The van der Waals surface area contributed by atoms with Crippen LogP contribution in [0.5, 0.6) is 0 Å². The monoisotopic (exact) mass is 892 g/mol. The Labute approximate surface area is 401 Å². The van der Waals surface area contributed by atoms with Gasteiger partial charge >= 0.3 is 0 Å². The summed E-state index contributed by atoms with van der Waals surface area (Å²) >= 11 is 0. The first-order valence-corrected chi connectivity index (χ1v) is 23.9. The van der Waals surface area contributed by atoms with Gasteiger partial charge in [0, 0.05) is 60.0 Å². The fraction of sp³-hybridized carbons (Fsp3) is 0. The molecule has 0 aliphatic heterocycles. The standard InChI is InChI=1S/C64H40N6/c1-5-21-41(22-6-1)57-63(69-55-35-19-15-31-47(55)51-39-37-49-45-29-13-17-33-53(45)67(58(49)60(51)69)43-25-9-3-10-26-43)65-62(42-23-7-2-8-24-42)66-64(57)70-56-36-20-16-32-48(56)52-40-38-50-46-30-14-18-34-54(46)68(59(50)61(52)70)44-27-11-4-12-28-44/h1-40H. The molecule has 15 aromatic rings. The van der Waals surface area contributed by atoms with Crippen molar-refractivity contribution in [2.45, 2.75) is 0 Å². The van der Waals surface area contributed by atoms with Gasteiger partial charge in [-0.05, 0) is 54.1 Å². The molecule has 0 spiro atoms. The Morgan fingerprint density at radius 2 is 0.514 bits per heavy atom. The topological polar surface area (TPSA) is 45.5 Å². The zero-order valence-corrected chi connectivity index (χ0v) is 37.8. The first kappa shape index (κ1) is 38.6. The smallest absolute Gasteiger partial charge is 0.163 e. The number of fused-ring (bicyclic) bond motifs is 14. The summed E-state index contributed by atoms with van der Waals surface area (Å²) in [7, 11) is 0. The number of benzene rings is 10. The molecule has 0 fully saturated rings. The number of para-hydroxylation sites is 6. The lowest BCUT2D eigenvalue weighted by Gasteiger charge is -2.21. The van der Waals surface area contributed by atoms with Crippen molar-refractivity contribution in [1.82, 2.24) is 28.2 Å². The molecule has 0 unspecified atom stereocenters. The van der Waals surface area contributed by atoms with Gasteiger partial charge in [0.05, 0.1) is 49.7 Å². The average molecular weight is 893 g/mol. The van der Waals surface area contributed by atoms with Crippen LogP contribution in [-0.2, 0) is 0 Å². The maximum atomic E-state index is 5.84. The van der Waals surface area contributed by atoms with Crippen molar-refractivity contribution in [3.63, 3.8) is 0 Å². The van der Waals surface area contributed by atoms with E-state index in [1.165, 1.54) is 21.5 Å². The van der Waals surface area contributed by atoms with Crippen LogP contribution in [0.25, 0.3) is 133 Å². The molecule has 5 heterocycles. The van der Waals surface area contributed by atoms with Crippen molar-refractivity contribution in [3.05, 3.63) is 243 Å². The second kappa shape index (κ2) is 15.0. The summed E-state index contributed by atoms with van der Waals surface area (Å²) in [6.07, 6.45) is 0. The average Bonchev–Trinajstić information content (AvgIpc) is 4.17. The summed E-state index contributed by atoms with van der Waals surface area (Å²) in [4.78, 5) is 11.7. The third-order valence-corrected chi connectivity index (χ3v) is 14.4. The summed E-state index contributed by atoms with van der Waals surface area (Å²) in [5.74, 6) is 2.22. The zero-order valence-electron chi connectivity index (χ0n) is 37.8. The van der Waals surface area contributed by atoms with E-state index >= 15 is 0 Å². The van der Waals surface area contributed by atoms with Crippen LogP contribution in [0.4, 0.5) is 0 Å². The number of hydrogen-bond donors (Lipinski definition) is 0. The second-order valence-electron chi connectivity index (χ2n) is 18.1. The molecular weight excluding hydrogens is 853 g/mol. The van der Waals surface area contributed by atoms with E-state index in [2.05, 4.69) is 261 Å². The summed E-state index contributed by atoms with van der Waals surface area (Å²) < 4.78 is 9.76. The minimum atomic E-state index is 0.633. The summed E-state index contributed by atoms with van der Waals surface area (Å²) in [6.45, 7) is 0. The quantitative estimate of drug-likeness (QED) is 0.167. The molecule has 70 heavy (non-hydrogen) atoms. The Balaban J connectivity index is 1.20. The predicted octanol–water partition coefficient (Wildman–Crippen LogP) is 16.2. The number of nitrogens with zero attached hydrogens (tertiary/aromatic N) is 6. The summed E-state index contributed by atoms with van der Waals surface area (Å²) in [6, 6.07) is 87.2. The highest BCUT2D eigenvalue weighted by Crippen LogP contribution is 2.47. The minimum absolute atomic E-state index is 0.633. The molecule has 0 bridgehead atoms. The number of aromatic nitrogens is 6. The molecule has 0 saturated heterocycles. The van der Waals surface area contributed by atoms with Crippen LogP contribution in [-0.4, -0.2) is 28.2 Å². The molecule has 0 aliphatic carbocycles. The van der Waals surface area contributed by atoms with Crippen LogP contribution in [0.15, 0.2) is 243 Å². The lowest BCUT2D eigenvalue weighted by Crippen LogP contribution is -2.11. The summed E-state index contributed by atoms with van der Waals surface area (Å²) in [5, 5.41) is 9.33. The van der Waals surface area contributed by atoms with Crippen molar-refractivity contribution < 1.29 is 0 Å². The van der Waals surface area contributed by atoms with Gasteiger partial charge in [-0.15, -0.1) is 0 Å². The molecular formula is C64H40N6. The van der Waals surface area contributed by atoms with Gasteiger partial charge < -0.3 is 9.13 Å². The van der Waals surface area contributed by atoms with Gasteiger partial charge in [0.1, 0.15) is 0 Å². The molecule has 0 aliphatic rings. The molecule has 0 N–H and O–H groups in total. The van der Waals surface area contributed by atoms with Crippen LogP contribution in [0.2, 0.25) is 0 Å². The predicted molar refractivity (Wildman–Crippen MR) is 290 cm³/mol. The molecule has 0 radical (unpaired) electrons. The van der Waals surface area contributed by atoms with Gasteiger partial charge in [-0.3, -0.25) is 9.13 Å². The van der Waals surface area contributed by atoms with E-state index in [4.69, 9.17) is 9.97 Å². The first-order chi connectivity index (χ1) is 34.8. The molecule has 0 saturated carbocycles. The van der Waals surface area contributed by atoms with Crippen LogP contribution in [0.1, 0.15) is 0 Å². The lowest BCUT2D eigenvalue weighted by atomic mass is 10.1. The molecule has 6 heteroatoms. The van der Waals surface area contributed by atoms with Crippen LogP contribution >= 0.6 is 0 Å². The molecule has 6 nitrogen and oxygen atoms in total. The molecule has 10 aromatic carbocycles. The molecule has 326 valence electrons. The SMILES string of the molecule is c1ccc(-c2nc(-n3c4ccccc4c4ccc5c6ccccc6n(-c6ccccc6)c5c43)c(-c3ccccc3)c(-n3c4ccccc4c4ccc5c6ccccc6n(-c6ccccc6)c5c43)n2)cc1. The van der Waals surface area contributed by atoms with E-state index in [1.54, 1.807) is 0 Å². The van der Waals surface area contributed by atoms with Crippen LogP contribution in [0.3, 0.4) is 0 Å². The van der Waals surface area contributed by atoms with Gasteiger partial charge in [0.15, 0.2) is 17.5 Å². The molecule has 5 aromatic heterocycles. The van der Waals surface area contributed by atoms with Gasteiger partial charge in [-0.25, -0.2) is 9.97 Å². The number of hydrogen-bond acceptors (Lipinski definition) is 2. The fourth-order valence-electron chi connectivity index (χ4n) is 11.5. The highest BCUT2D eigenvalue weighted by molar-refractivity contribution is 6.26. The summed E-state index contributed by atoms with van der Waals surface area (Å²) in [5.41, 5.74) is 13.9. The van der Waals surface area contributed by atoms with Crippen molar-refractivity contribution >= 4 is 87.2 Å². The third-order valence-electron chi connectivity index (χ3n) is 14.4. The maximum absolute atomic E-state index is 5.84. The largest absolute Gasteiger partial charge is 0.307 e. The number of rotatable bonds is 6. The van der Waals surface area contributed by atoms with E-state index in [0.29, 0.717) is 5.82 Å².